The van der Waals surface area contributed by atoms with Crippen molar-refractivity contribution in [2.75, 3.05) is 6.54 Å². The highest BCUT2D eigenvalue weighted by Gasteiger charge is 2.42. The lowest BCUT2D eigenvalue weighted by atomic mass is 10.1. The van der Waals surface area contributed by atoms with Gasteiger partial charge in [-0.3, -0.25) is 4.99 Å². The maximum Gasteiger partial charge on any atom is 0.449 e. The number of nitrogens with zero attached hydrogens (tertiary/aromatic N) is 1. The highest BCUT2D eigenvalue weighted by molar-refractivity contribution is 5.89. The minimum absolute atomic E-state index is 0.0148. The van der Waals surface area contributed by atoms with Crippen molar-refractivity contribution < 1.29 is 26.3 Å². The number of amidine groups is 1. The van der Waals surface area contributed by atoms with E-state index in [4.69, 9.17) is 0 Å². The summed E-state index contributed by atoms with van der Waals surface area (Å²) in [7, 11) is 0. The third-order valence-electron chi connectivity index (χ3n) is 2.07. The van der Waals surface area contributed by atoms with Gasteiger partial charge in [-0.15, -0.1) is 0 Å². The van der Waals surface area contributed by atoms with Crippen molar-refractivity contribution in [1.82, 2.24) is 5.32 Å². The van der Waals surface area contributed by atoms with Gasteiger partial charge in [0.1, 0.15) is 5.70 Å². The molecular weight excluding hydrogens is 262 g/mol. The molecule has 106 valence electrons. The number of nitrogens with one attached hydrogen (secondary N) is 1. The molecule has 0 aromatic heterocycles. The zero-order valence-corrected chi connectivity index (χ0v) is 10.1. The zero-order valence-electron chi connectivity index (χ0n) is 10.1. The van der Waals surface area contributed by atoms with E-state index >= 15 is 0 Å². The molecule has 0 radical (unpaired) electrons. The number of hydrogen-bond acceptors (Lipinski definition) is 1. The molecule has 0 saturated heterocycles. The molecule has 0 aliphatic carbocycles. The maximum absolute atomic E-state index is 12.6. The Bertz CT molecular complexity index is 337. The van der Waals surface area contributed by atoms with Gasteiger partial charge in [-0.2, -0.15) is 26.3 Å². The fourth-order valence-electron chi connectivity index (χ4n) is 1.07. The third kappa shape index (κ3) is 4.97. The van der Waals surface area contributed by atoms with Crippen LogP contribution >= 0.6 is 0 Å². The number of alkyl halides is 6. The number of hydrogen-bond donors (Lipinski definition) is 1. The summed E-state index contributed by atoms with van der Waals surface area (Å²) in [6, 6.07) is 0. The van der Waals surface area contributed by atoms with Gasteiger partial charge in [-0.25, -0.2) is 0 Å². The van der Waals surface area contributed by atoms with Crippen LogP contribution in [0.5, 0.6) is 0 Å². The van der Waals surface area contributed by atoms with Crippen molar-refractivity contribution in [1.29, 1.82) is 0 Å². The van der Waals surface area contributed by atoms with Crippen molar-refractivity contribution in [3.05, 3.63) is 11.3 Å². The van der Waals surface area contributed by atoms with E-state index in [1.165, 1.54) is 19.2 Å². The lowest BCUT2D eigenvalue weighted by Gasteiger charge is -2.19. The summed E-state index contributed by atoms with van der Waals surface area (Å²) in [5, 5.41) is 1.37. The van der Waals surface area contributed by atoms with Crippen molar-refractivity contribution in [2.24, 2.45) is 4.99 Å². The van der Waals surface area contributed by atoms with Gasteiger partial charge < -0.3 is 5.32 Å². The van der Waals surface area contributed by atoms with E-state index in [0.717, 1.165) is 6.92 Å². The Morgan fingerprint density at radius 2 is 1.50 bits per heavy atom. The lowest BCUT2D eigenvalue weighted by molar-refractivity contribution is -0.0982. The van der Waals surface area contributed by atoms with Crippen molar-refractivity contribution >= 4 is 5.84 Å². The Morgan fingerprint density at radius 1 is 1.00 bits per heavy atom. The van der Waals surface area contributed by atoms with Gasteiger partial charge in [0.25, 0.3) is 0 Å². The first-order valence-electron chi connectivity index (χ1n) is 5.19. The topological polar surface area (TPSA) is 24.4 Å². The van der Waals surface area contributed by atoms with Crippen molar-refractivity contribution in [3.63, 3.8) is 0 Å². The average molecular weight is 276 g/mol. The van der Waals surface area contributed by atoms with Crippen LogP contribution < -0.4 is 5.32 Å². The van der Waals surface area contributed by atoms with E-state index in [0.29, 0.717) is 0 Å². The van der Waals surface area contributed by atoms with Crippen LogP contribution in [0.4, 0.5) is 26.3 Å². The number of rotatable bonds is 3. The highest BCUT2D eigenvalue weighted by Crippen LogP contribution is 2.29. The molecule has 0 spiro atoms. The van der Waals surface area contributed by atoms with E-state index < -0.39 is 23.9 Å². The van der Waals surface area contributed by atoms with Crippen LogP contribution in [0.1, 0.15) is 27.2 Å². The summed E-state index contributed by atoms with van der Waals surface area (Å²) >= 11 is 0. The van der Waals surface area contributed by atoms with Crippen LogP contribution in [0.2, 0.25) is 0 Å². The van der Waals surface area contributed by atoms with Gasteiger partial charge in [0.05, 0.1) is 0 Å². The molecular formula is C10H14F6N2. The second kappa shape index (κ2) is 6.10. The van der Waals surface area contributed by atoms with E-state index in [2.05, 4.69) is 4.99 Å². The van der Waals surface area contributed by atoms with Gasteiger partial charge in [0.15, 0.2) is 0 Å². The maximum atomic E-state index is 12.6. The first-order valence-corrected chi connectivity index (χ1v) is 5.19. The molecule has 0 bridgehead atoms. The van der Waals surface area contributed by atoms with Crippen LogP contribution in [0.25, 0.3) is 0 Å². The molecule has 0 aromatic rings. The van der Waals surface area contributed by atoms with Gasteiger partial charge in [0.2, 0.25) is 5.84 Å². The largest absolute Gasteiger partial charge is 0.449 e. The van der Waals surface area contributed by atoms with Crippen LogP contribution in [-0.4, -0.2) is 24.7 Å². The molecule has 1 N–H and O–H groups in total. The Kier molecular flexibility index (Phi) is 5.69. The molecule has 0 fully saturated rings. The molecule has 0 aliphatic rings. The normalized spacial score (nSPS) is 15.5. The molecule has 2 nitrogen and oxygen atoms in total. The second-order valence-corrected chi connectivity index (χ2v) is 3.45. The van der Waals surface area contributed by atoms with E-state index in [1.807, 2.05) is 0 Å². The number of halogens is 6. The predicted octanol–water partition coefficient (Wildman–Crippen LogP) is 3.80. The van der Waals surface area contributed by atoms with Crippen LogP contribution in [0, 0.1) is 0 Å². The van der Waals surface area contributed by atoms with Gasteiger partial charge in [0, 0.05) is 6.54 Å². The second-order valence-electron chi connectivity index (χ2n) is 3.45. The van der Waals surface area contributed by atoms with Gasteiger partial charge in [-0.05, 0) is 25.8 Å². The summed E-state index contributed by atoms with van der Waals surface area (Å²) in [5.74, 6) is -1.63. The molecule has 0 aliphatic heterocycles. The van der Waals surface area contributed by atoms with Crippen LogP contribution in [0.3, 0.4) is 0 Å². The molecule has 8 heteroatoms. The Morgan fingerprint density at radius 3 is 1.78 bits per heavy atom. The molecule has 0 atom stereocenters. The minimum Gasteiger partial charge on any atom is -0.332 e. The molecule has 0 aromatic carbocycles. The Hall–Kier alpha value is -1.21. The first kappa shape index (κ1) is 16.8. The third-order valence-corrected chi connectivity index (χ3v) is 2.07. The van der Waals surface area contributed by atoms with Gasteiger partial charge in [-0.1, -0.05) is 6.92 Å². The molecule has 0 unspecified atom stereocenters. The van der Waals surface area contributed by atoms with E-state index in [9.17, 15) is 26.3 Å². The van der Waals surface area contributed by atoms with Crippen LogP contribution in [-0.2, 0) is 0 Å². The predicted molar refractivity (Wildman–Crippen MR) is 56.2 cm³/mol. The molecule has 0 heterocycles. The summed E-state index contributed by atoms with van der Waals surface area (Å²) in [5.41, 5.74) is -1.62. The fourth-order valence-corrected chi connectivity index (χ4v) is 1.07. The van der Waals surface area contributed by atoms with E-state index in [1.54, 1.807) is 0 Å². The zero-order chi connectivity index (χ0) is 14.6. The summed E-state index contributed by atoms with van der Waals surface area (Å²) in [4.78, 5) is 3.01. The van der Waals surface area contributed by atoms with E-state index in [-0.39, 0.29) is 18.5 Å². The molecule has 0 saturated carbocycles. The highest BCUT2D eigenvalue weighted by atomic mass is 19.4. The van der Waals surface area contributed by atoms with Crippen molar-refractivity contribution in [2.45, 2.75) is 39.5 Å². The summed E-state index contributed by atoms with van der Waals surface area (Å²) in [6.07, 6.45) is -9.83. The molecule has 18 heavy (non-hydrogen) atoms. The lowest BCUT2D eigenvalue weighted by Crippen LogP contribution is -2.41. The fraction of sp³-hybridized carbons (Fsp3) is 0.700. The Balaban J connectivity index is 5.41. The first-order chi connectivity index (χ1) is 8.04. The van der Waals surface area contributed by atoms with Crippen LogP contribution in [0.15, 0.2) is 16.3 Å². The monoisotopic (exact) mass is 276 g/mol. The average Bonchev–Trinajstić information content (AvgIpc) is 2.19. The number of allylic oxidation sites excluding steroid dienone is 2. The SMILES string of the molecule is CCN=C(N/C(=C(\C)CC)C(F)(F)F)C(F)(F)F. The number of aliphatic imine (C=N–C) groups is 1. The summed E-state index contributed by atoms with van der Waals surface area (Å²) < 4.78 is 75.1. The molecule has 0 rings (SSSR count). The quantitative estimate of drug-likeness (QED) is 0.473. The smallest absolute Gasteiger partial charge is 0.332 e. The minimum atomic E-state index is -4.94. The summed E-state index contributed by atoms with van der Waals surface area (Å²) in [6.45, 7) is 3.58. The standard InChI is InChI=1S/C10H14F6N2/c1-4-6(3)7(9(11,12)13)18-8(17-5-2)10(14,15)16/h4-5H2,1-3H3,(H,17,18)/b7-6+. The molecule has 0 amide bonds. The van der Waals surface area contributed by atoms with Gasteiger partial charge >= 0.3 is 12.4 Å². The Labute approximate surface area is 101 Å². The van der Waals surface area contributed by atoms with Crippen molar-refractivity contribution in [3.8, 4) is 0 Å².